The topological polar surface area (TPSA) is 15.3 Å². The van der Waals surface area contributed by atoms with Crippen LogP contribution in [0, 0.1) is 13.8 Å². The molecule has 1 aromatic carbocycles. The third-order valence-electron chi connectivity index (χ3n) is 5.11. The Balaban J connectivity index is 2.17. The van der Waals surface area contributed by atoms with E-state index < -0.39 is 0 Å². The molecule has 0 amide bonds. The van der Waals surface area contributed by atoms with Gasteiger partial charge < -0.3 is 5.32 Å². The molecule has 0 saturated carbocycles. The highest BCUT2D eigenvalue weighted by molar-refractivity contribution is 5.30. The van der Waals surface area contributed by atoms with Crippen molar-refractivity contribution in [3.8, 4) is 0 Å². The van der Waals surface area contributed by atoms with E-state index in [9.17, 15) is 0 Å². The van der Waals surface area contributed by atoms with Crippen molar-refractivity contribution in [2.24, 2.45) is 0 Å². The SMILES string of the molecule is CCCC1CNC(C)(CC)CN1Cc1cc(C)ccc1C. The first-order valence-electron chi connectivity index (χ1n) is 8.52. The Morgan fingerprint density at radius 3 is 2.71 bits per heavy atom. The third-order valence-corrected chi connectivity index (χ3v) is 5.11. The zero-order valence-corrected chi connectivity index (χ0v) is 14.5. The van der Waals surface area contributed by atoms with Gasteiger partial charge in [0.05, 0.1) is 0 Å². The summed E-state index contributed by atoms with van der Waals surface area (Å²) in [6.45, 7) is 14.8. The summed E-state index contributed by atoms with van der Waals surface area (Å²) in [6, 6.07) is 7.52. The van der Waals surface area contributed by atoms with Crippen LogP contribution in [0.25, 0.3) is 0 Å². The summed E-state index contributed by atoms with van der Waals surface area (Å²) in [5.74, 6) is 0. The van der Waals surface area contributed by atoms with Gasteiger partial charge in [0, 0.05) is 31.2 Å². The number of piperazine rings is 1. The smallest absolute Gasteiger partial charge is 0.0278 e. The van der Waals surface area contributed by atoms with Crippen molar-refractivity contribution >= 4 is 0 Å². The fourth-order valence-corrected chi connectivity index (χ4v) is 3.36. The lowest BCUT2D eigenvalue weighted by molar-refractivity contribution is 0.0724. The molecule has 21 heavy (non-hydrogen) atoms. The average molecular weight is 288 g/mol. The molecule has 2 atom stereocenters. The molecule has 1 aromatic rings. The second-order valence-electron chi connectivity index (χ2n) is 7.07. The van der Waals surface area contributed by atoms with Crippen LogP contribution in [-0.4, -0.2) is 29.6 Å². The molecule has 2 rings (SSSR count). The number of aryl methyl sites for hydroxylation is 2. The van der Waals surface area contributed by atoms with Crippen molar-refractivity contribution in [2.75, 3.05) is 13.1 Å². The van der Waals surface area contributed by atoms with Crippen LogP contribution in [0.1, 0.15) is 56.7 Å². The van der Waals surface area contributed by atoms with Gasteiger partial charge in [-0.3, -0.25) is 4.90 Å². The predicted molar refractivity (Wildman–Crippen MR) is 91.7 cm³/mol. The Bertz CT molecular complexity index is 469. The molecule has 1 aliphatic heterocycles. The molecule has 1 fully saturated rings. The Morgan fingerprint density at radius 1 is 1.29 bits per heavy atom. The van der Waals surface area contributed by atoms with Crippen LogP contribution >= 0.6 is 0 Å². The molecule has 1 saturated heterocycles. The van der Waals surface area contributed by atoms with Crippen LogP contribution in [-0.2, 0) is 6.54 Å². The maximum absolute atomic E-state index is 3.78. The zero-order chi connectivity index (χ0) is 15.5. The summed E-state index contributed by atoms with van der Waals surface area (Å²) in [6.07, 6.45) is 3.74. The zero-order valence-electron chi connectivity index (χ0n) is 14.5. The Morgan fingerprint density at radius 2 is 2.05 bits per heavy atom. The van der Waals surface area contributed by atoms with Crippen LogP contribution in [0.3, 0.4) is 0 Å². The van der Waals surface area contributed by atoms with Crippen LogP contribution in [0.4, 0.5) is 0 Å². The lowest BCUT2D eigenvalue weighted by Crippen LogP contribution is -2.62. The fraction of sp³-hybridized carbons (Fsp3) is 0.684. The van der Waals surface area contributed by atoms with Gasteiger partial charge in [-0.05, 0) is 44.7 Å². The molecule has 0 aromatic heterocycles. The number of hydrogen-bond acceptors (Lipinski definition) is 2. The Labute approximate surface area is 130 Å². The lowest BCUT2D eigenvalue weighted by Gasteiger charge is -2.46. The van der Waals surface area contributed by atoms with E-state index in [0.29, 0.717) is 6.04 Å². The van der Waals surface area contributed by atoms with Gasteiger partial charge in [-0.2, -0.15) is 0 Å². The summed E-state index contributed by atoms with van der Waals surface area (Å²) in [4.78, 5) is 2.71. The largest absolute Gasteiger partial charge is 0.309 e. The van der Waals surface area contributed by atoms with Crippen LogP contribution in [0.5, 0.6) is 0 Å². The number of hydrogen-bond donors (Lipinski definition) is 1. The van der Waals surface area contributed by atoms with Gasteiger partial charge in [0.15, 0.2) is 0 Å². The van der Waals surface area contributed by atoms with Crippen LogP contribution in [0.2, 0.25) is 0 Å². The van der Waals surface area contributed by atoms with Crippen LogP contribution in [0.15, 0.2) is 18.2 Å². The second-order valence-corrected chi connectivity index (χ2v) is 7.07. The Hall–Kier alpha value is -0.860. The van der Waals surface area contributed by atoms with Gasteiger partial charge >= 0.3 is 0 Å². The van der Waals surface area contributed by atoms with Crippen molar-refractivity contribution < 1.29 is 0 Å². The highest BCUT2D eigenvalue weighted by atomic mass is 15.2. The van der Waals surface area contributed by atoms with Crippen LogP contribution < -0.4 is 5.32 Å². The van der Waals surface area contributed by atoms with E-state index in [4.69, 9.17) is 0 Å². The van der Waals surface area contributed by atoms with Gasteiger partial charge in [0.1, 0.15) is 0 Å². The van der Waals surface area contributed by atoms with Gasteiger partial charge in [0.2, 0.25) is 0 Å². The summed E-state index contributed by atoms with van der Waals surface area (Å²) >= 11 is 0. The van der Waals surface area contributed by atoms with E-state index in [-0.39, 0.29) is 5.54 Å². The minimum Gasteiger partial charge on any atom is -0.309 e. The number of rotatable bonds is 5. The number of nitrogens with zero attached hydrogens (tertiary/aromatic N) is 1. The van der Waals surface area contributed by atoms with Gasteiger partial charge in [0.25, 0.3) is 0 Å². The summed E-state index contributed by atoms with van der Waals surface area (Å²) in [7, 11) is 0. The van der Waals surface area contributed by atoms with E-state index in [1.54, 1.807) is 0 Å². The van der Waals surface area contributed by atoms with E-state index in [0.717, 1.165) is 19.6 Å². The summed E-state index contributed by atoms with van der Waals surface area (Å²) in [5, 5.41) is 3.78. The first-order valence-corrected chi connectivity index (χ1v) is 8.52. The minimum atomic E-state index is 0.266. The van der Waals surface area contributed by atoms with E-state index in [1.165, 1.54) is 36.0 Å². The molecule has 0 bridgehead atoms. The van der Waals surface area contributed by atoms with Crippen molar-refractivity contribution in [3.63, 3.8) is 0 Å². The summed E-state index contributed by atoms with van der Waals surface area (Å²) < 4.78 is 0. The molecular weight excluding hydrogens is 256 g/mol. The predicted octanol–water partition coefficient (Wildman–Crippen LogP) is 4.05. The highest BCUT2D eigenvalue weighted by Gasteiger charge is 2.34. The average Bonchev–Trinajstić information content (AvgIpc) is 2.46. The number of benzene rings is 1. The molecule has 0 radical (unpaired) electrons. The lowest BCUT2D eigenvalue weighted by atomic mass is 9.91. The maximum Gasteiger partial charge on any atom is 0.0278 e. The Kier molecular flexibility index (Phi) is 5.45. The van der Waals surface area contributed by atoms with Crippen molar-refractivity contribution in [1.82, 2.24) is 10.2 Å². The van der Waals surface area contributed by atoms with Gasteiger partial charge in [-0.15, -0.1) is 0 Å². The first kappa shape index (κ1) is 16.5. The monoisotopic (exact) mass is 288 g/mol. The number of nitrogens with one attached hydrogen (secondary N) is 1. The highest BCUT2D eigenvalue weighted by Crippen LogP contribution is 2.24. The molecule has 0 spiro atoms. The summed E-state index contributed by atoms with van der Waals surface area (Å²) in [5.41, 5.74) is 4.56. The molecule has 2 unspecified atom stereocenters. The maximum atomic E-state index is 3.78. The molecule has 2 heteroatoms. The second kappa shape index (κ2) is 6.93. The molecule has 1 N–H and O–H groups in total. The minimum absolute atomic E-state index is 0.266. The van der Waals surface area contributed by atoms with E-state index in [2.05, 4.69) is 63.0 Å². The normalized spacial score (nSPS) is 27.0. The first-order chi connectivity index (χ1) is 9.97. The molecular formula is C19H32N2. The molecule has 1 heterocycles. The molecule has 1 aliphatic rings. The van der Waals surface area contributed by atoms with Crippen molar-refractivity contribution in [1.29, 1.82) is 0 Å². The third kappa shape index (κ3) is 4.08. The quantitative estimate of drug-likeness (QED) is 0.879. The fourth-order valence-electron chi connectivity index (χ4n) is 3.36. The standard InChI is InChI=1S/C19H32N2/c1-6-8-18-12-20-19(5,7-2)14-21(18)13-17-11-15(3)9-10-16(17)4/h9-11,18,20H,6-8,12-14H2,1-5H3. The molecule has 2 nitrogen and oxygen atoms in total. The van der Waals surface area contributed by atoms with E-state index in [1.807, 2.05) is 0 Å². The van der Waals surface area contributed by atoms with Gasteiger partial charge in [-0.1, -0.05) is 44.0 Å². The van der Waals surface area contributed by atoms with Gasteiger partial charge in [-0.25, -0.2) is 0 Å². The molecule has 0 aliphatic carbocycles. The molecule has 118 valence electrons. The van der Waals surface area contributed by atoms with Crippen molar-refractivity contribution in [2.45, 2.75) is 72.0 Å². The van der Waals surface area contributed by atoms with Crippen molar-refractivity contribution in [3.05, 3.63) is 34.9 Å². The van der Waals surface area contributed by atoms with E-state index >= 15 is 0 Å².